The van der Waals surface area contributed by atoms with Crippen LogP contribution >= 0.6 is 23.2 Å². The number of amides is 1. The Balaban J connectivity index is 0.000000289. The van der Waals surface area contributed by atoms with Crippen molar-refractivity contribution >= 4 is 29.1 Å². The standard InChI is InChI=1S/C11H18ClN3O.C7H4ClNO/c12-10(14)7-6-9(13)11(16)15-8-4-2-1-3-5-8;8-7-3-6(10)2-1-5(7)4-9/h6-8H,1-5,13-14H2,(H,15,16);1-3,10H/b9-6-,10-7-;. The minimum atomic E-state index is -0.249. The van der Waals surface area contributed by atoms with E-state index in [2.05, 4.69) is 5.32 Å². The van der Waals surface area contributed by atoms with Gasteiger partial charge in [-0.2, -0.15) is 5.26 Å². The Kier molecular flexibility index (Phi) is 9.42. The number of nitrogens with two attached hydrogens (primary N) is 2. The third-order valence-electron chi connectivity index (χ3n) is 3.70. The molecule has 26 heavy (non-hydrogen) atoms. The number of nitriles is 1. The SMILES string of the molecule is N#Cc1ccc(O)cc1Cl.N/C(=C\C=C(/N)Cl)C(=O)NC1CCCCC1. The van der Waals surface area contributed by atoms with E-state index in [1.54, 1.807) is 0 Å². The number of nitrogens with one attached hydrogen (secondary N) is 1. The number of phenolic OH excluding ortho intramolecular Hbond substituents is 1. The number of hydrogen-bond donors (Lipinski definition) is 4. The van der Waals surface area contributed by atoms with Crippen LogP contribution in [0.25, 0.3) is 0 Å². The third-order valence-corrected chi connectivity index (χ3v) is 4.14. The average molecular weight is 397 g/mol. The van der Waals surface area contributed by atoms with Crippen molar-refractivity contribution in [3.63, 3.8) is 0 Å². The Bertz CT molecular complexity index is 716. The fourth-order valence-electron chi connectivity index (χ4n) is 2.36. The fourth-order valence-corrected chi connectivity index (χ4v) is 2.64. The molecular weight excluding hydrogens is 375 g/mol. The molecule has 1 amide bonds. The van der Waals surface area contributed by atoms with Crippen LogP contribution in [0.5, 0.6) is 5.75 Å². The van der Waals surface area contributed by atoms with Gasteiger partial charge in [0.2, 0.25) is 0 Å². The Morgan fingerprint density at radius 2 is 1.92 bits per heavy atom. The summed E-state index contributed by atoms with van der Waals surface area (Å²) in [5.41, 5.74) is 11.3. The van der Waals surface area contributed by atoms with Gasteiger partial charge in [-0.15, -0.1) is 0 Å². The quantitative estimate of drug-likeness (QED) is 0.354. The van der Waals surface area contributed by atoms with Crippen LogP contribution in [0, 0.1) is 11.3 Å². The zero-order valence-electron chi connectivity index (χ0n) is 14.2. The van der Waals surface area contributed by atoms with E-state index < -0.39 is 0 Å². The van der Waals surface area contributed by atoms with Gasteiger partial charge in [-0.3, -0.25) is 4.79 Å². The molecule has 8 heteroatoms. The Morgan fingerprint density at radius 1 is 1.27 bits per heavy atom. The van der Waals surface area contributed by atoms with Crippen molar-refractivity contribution in [2.75, 3.05) is 0 Å². The molecule has 1 fully saturated rings. The second-order valence-electron chi connectivity index (χ2n) is 5.76. The zero-order valence-corrected chi connectivity index (χ0v) is 15.7. The maximum Gasteiger partial charge on any atom is 0.267 e. The molecular formula is C18H22Cl2N4O2. The van der Waals surface area contributed by atoms with Crippen LogP contribution in [-0.4, -0.2) is 17.1 Å². The van der Waals surface area contributed by atoms with Crippen molar-refractivity contribution in [1.29, 1.82) is 5.26 Å². The van der Waals surface area contributed by atoms with Gasteiger partial charge >= 0.3 is 0 Å². The largest absolute Gasteiger partial charge is 0.508 e. The summed E-state index contributed by atoms with van der Waals surface area (Å²) in [5.74, 6) is -0.176. The number of hydrogen-bond acceptors (Lipinski definition) is 5. The second-order valence-corrected chi connectivity index (χ2v) is 6.60. The molecule has 0 radical (unpaired) electrons. The molecule has 0 spiro atoms. The van der Waals surface area contributed by atoms with E-state index in [0.717, 1.165) is 12.8 Å². The van der Waals surface area contributed by atoms with Crippen LogP contribution in [0.2, 0.25) is 5.02 Å². The van der Waals surface area contributed by atoms with Crippen LogP contribution in [0.4, 0.5) is 0 Å². The highest BCUT2D eigenvalue weighted by Crippen LogP contribution is 2.20. The fraction of sp³-hybridized carbons (Fsp3) is 0.333. The van der Waals surface area contributed by atoms with Gasteiger partial charge in [0.1, 0.15) is 11.8 Å². The van der Waals surface area contributed by atoms with Gasteiger partial charge in [-0.1, -0.05) is 42.5 Å². The number of carbonyl (C=O) groups excluding carboxylic acids is 1. The van der Waals surface area contributed by atoms with Gasteiger partial charge in [0.05, 0.1) is 21.4 Å². The number of benzene rings is 1. The molecule has 2 rings (SSSR count). The molecule has 1 aliphatic rings. The minimum absolute atomic E-state index is 0.0731. The van der Waals surface area contributed by atoms with Gasteiger partial charge in [0, 0.05) is 6.04 Å². The van der Waals surface area contributed by atoms with Crippen molar-refractivity contribution < 1.29 is 9.90 Å². The maximum atomic E-state index is 11.6. The van der Waals surface area contributed by atoms with Crippen molar-refractivity contribution in [2.24, 2.45) is 11.5 Å². The average Bonchev–Trinajstić information content (AvgIpc) is 2.61. The molecule has 0 aliphatic heterocycles. The Morgan fingerprint density at radius 3 is 2.46 bits per heavy atom. The van der Waals surface area contributed by atoms with Crippen molar-refractivity contribution in [1.82, 2.24) is 5.32 Å². The number of carbonyl (C=O) groups is 1. The lowest BCUT2D eigenvalue weighted by Crippen LogP contribution is -2.38. The molecule has 1 aromatic rings. The van der Waals surface area contributed by atoms with Gasteiger partial charge in [0.15, 0.2) is 0 Å². The first kappa shape index (κ1) is 21.7. The van der Waals surface area contributed by atoms with Crippen molar-refractivity contribution in [3.05, 3.63) is 51.8 Å². The molecule has 1 aromatic carbocycles. The highest BCUT2D eigenvalue weighted by atomic mass is 35.5. The second kappa shape index (κ2) is 11.3. The summed E-state index contributed by atoms with van der Waals surface area (Å²) in [6.07, 6.45) is 8.48. The predicted molar refractivity (Wildman–Crippen MR) is 103 cm³/mol. The van der Waals surface area contributed by atoms with Crippen LogP contribution < -0.4 is 16.8 Å². The summed E-state index contributed by atoms with van der Waals surface area (Å²) in [6, 6.07) is 6.36. The number of nitrogens with zero attached hydrogens (tertiary/aromatic N) is 1. The molecule has 0 unspecified atom stereocenters. The third kappa shape index (κ3) is 8.15. The van der Waals surface area contributed by atoms with E-state index in [-0.39, 0.29) is 33.6 Å². The summed E-state index contributed by atoms with van der Waals surface area (Å²) in [6.45, 7) is 0. The smallest absolute Gasteiger partial charge is 0.267 e. The lowest BCUT2D eigenvalue weighted by molar-refractivity contribution is -0.118. The first-order valence-corrected chi connectivity index (χ1v) is 8.87. The molecule has 0 atom stereocenters. The van der Waals surface area contributed by atoms with E-state index in [0.29, 0.717) is 5.56 Å². The highest BCUT2D eigenvalue weighted by Gasteiger charge is 2.16. The molecule has 0 saturated heterocycles. The van der Waals surface area contributed by atoms with Crippen LogP contribution in [0.1, 0.15) is 37.7 Å². The molecule has 1 aliphatic carbocycles. The summed E-state index contributed by atoms with van der Waals surface area (Å²) in [4.78, 5) is 11.6. The number of aromatic hydroxyl groups is 1. The van der Waals surface area contributed by atoms with Gasteiger partial charge < -0.3 is 21.9 Å². The first-order chi connectivity index (χ1) is 12.3. The summed E-state index contributed by atoms with van der Waals surface area (Å²) in [5, 5.41) is 20.5. The molecule has 6 nitrogen and oxygen atoms in total. The molecule has 140 valence electrons. The van der Waals surface area contributed by atoms with Crippen LogP contribution in [-0.2, 0) is 4.79 Å². The van der Waals surface area contributed by atoms with Crippen LogP contribution in [0.15, 0.2) is 41.2 Å². The Labute approximate surface area is 163 Å². The lowest BCUT2D eigenvalue weighted by atomic mass is 9.95. The summed E-state index contributed by atoms with van der Waals surface area (Å²) in [7, 11) is 0. The monoisotopic (exact) mass is 396 g/mol. The molecule has 6 N–H and O–H groups in total. The Hall–Kier alpha value is -2.36. The van der Waals surface area contributed by atoms with E-state index in [4.69, 9.17) is 45.0 Å². The molecule has 0 heterocycles. The highest BCUT2D eigenvalue weighted by molar-refractivity contribution is 6.31. The number of halogens is 2. The topological polar surface area (TPSA) is 125 Å². The van der Waals surface area contributed by atoms with E-state index >= 15 is 0 Å². The molecule has 0 bridgehead atoms. The summed E-state index contributed by atoms with van der Waals surface area (Å²) >= 11 is 11.0. The van der Waals surface area contributed by atoms with E-state index in [1.165, 1.54) is 49.6 Å². The zero-order chi connectivity index (χ0) is 19.5. The number of phenols is 1. The van der Waals surface area contributed by atoms with Gasteiger partial charge in [-0.25, -0.2) is 0 Å². The molecule has 1 saturated carbocycles. The van der Waals surface area contributed by atoms with Crippen molar-refractivity contribution in [2.45, 2.75) is 38.1 Å². The summed E-state index contributed by atoms with van der Waals surface area (Å²) < 4.78 is 0. The van der Waals surface area contributed by atoms with E-state index in [1.807, 2.05) is 6.07 Å². The molecule has 0 aromatic heterocycles. The van der Waals surface area contributed by atoms with Gasteiger partial charge in [0.25, 0.3) is 5.91 Å². The van der Waals surface area contributed by atoms with Crippen LogP contribution in [0.3, 0.4) is 0 Å². The van der Waals surface area contributed by atoms with E-state index in [9.17, 15) is 4.79 Å². The number of rotatable bonds is 3. The predicted octanol–water partition coefficient (Wildman–Crippen LogP) is 3.23. The normalized spacial score (nSPS) is 15.4. The minimum Gasteiger partial charge on any atom is -0.508 e. The number of allylic oxidation sites excluding steroid dienone is 2. The first-order valence-electron chi connectivity index (χ1n) is 8.11. The maximum absolute atomic E-state index is 11.6. The lowest BCUT2D eigenvalue weighted by Gasteiger charge is -2.22. The van der Waals surface area contributed by atoms with Gasteiger partial charge in [-0.05, 0) is 43.2 Å². The van der Waals surface area contributed by atoms with Crippen molar-refractivity contribution in [3.8, 4) is 11.8 Å².